The van der Waals surface area contributed by atoms with Crippen LogP contribution in [0.15, 0.2) is 66.3 Å². The van der Waals surface area contributed by atoms with E-state index in [1.807, 2.05) is 30.4 Å². The summed E-state index contributed by atoms with van der Waals surface area (Å²) in [5.41, 5.74) is 1.15. The molecule has 1 atom stereocenters. The Morgan fingerprint density at radius 3 is 2.77 bits per heavy atom. The van der Waals surface area contributed by atoms with Gasteiger partial charge in [0.1, 0.15) is 0 Å². The molecule has 13 heavy (non-hydrogen) atoms. The fourth-order valence-electron chi connectivity index (χ4n) is 1.13. The quantitative estimate of drug-likeness (QED) is 0.579. The van der Waals surface area contributed by atoms with Crippen LogP contribution in [-0.4, -0.2) is 12.3 Å². The Labute approximate surface area is 79.2 Å². The van der Waals surface area contributed by atoms with Crippen LogP contribution in [0.25, 0.3) is 0 Å². The van der Waals surface area contributed by atoms with Crippen LogP contribution >= 0.6 is 0 Å². The lowest BCUT2D eigenvalue weighted by atomic mass is 10.0. The van der Waals surface area contributed by atoms with Gasteiger partial charge in [0.05, 0.1) is 6.04 Å². The maximum absolute atomic E-state index is 4.30. The van der Waals surface area contributed by atoms with Crippen LogP contribution in [0.5, 0.6) is 0 Å². The molecule has 66 valence electrons. The average molecular weight is 171 g/mol. The predicted octanol–water partition coefficient (Wildman–Crippen LogP) is 2.85. The monoisotopic (exact) mass is 171 g/mol. The highest BCUT2D eigenvalue weighted by molar-refractivity contribution is 5.71. The molecular weight excluding hydrogens is 158 g/mol. The van der Waals surface area contributed by atoms with Crippen LogP contribution < -0.4 is 0 Å². The van der Waals surface area contributed by atoms with Crippen molar-refractivity contribution in [1.29, 1.82) is 0 Å². The minimum Gasteiger partial charge on any atom is -0.281 e. The Kier molecular flexibility index (Phi) is 3.71. The lowest BCUT2D eigenvalue weighted by Gasteiger charge is -2.10. The first-order valence-corrected chi connectivity index (χ1v) is 4.20. The second kappa shape index (κ2) is 5.09. The van der Waals surface area contributed by atoms with Crippen LogP contribution in [0.4, 0.5) is 0 Å². The molecule has 1 rings (SSSR count). The zero-order valence-electron chi connectivity index (χ0n) is 7.56. The second-order valence-electron chi connectivity index (χ2n) is 2.63. The lowest BCUT2D eigenvalue weighted by Crippen LogP contribution is -2.05. The van der Waals surface area contributed by atoms with Gasteiger partial charge in [-0.25, -0.2) is 0 Å². The summed E-state index contributed by atoms with van der Waals surface area (Å²) in [7, 11) is 0. The van der Waals surface area contributed by atoms with E-state index in [0.29, 0.717) is 0 Å². The summed E-state index contributed by atoms with van der Waals surface area (Å²) in [6.45, 7) is 7.25. The van der Waals surface area contributed by atoms with Crippen LogP contribution in [0.2, 0.25) is 0 Å². The summed E-state index contributed by atoms with van der Waals surface area (Å²) in [6, 6.07) is 0.112. The zero-order valence-corrected chi connectivity index (χ0v) is 7.56. The molecule has 0 radical (unpaired) electrons. The molecule has 1 nitrogen and oxygen atoms in total. The number of rotatable bonds is 3. The molecule has 1 unspecified atom stereocenters. The number of nitrogens with zero attached hydrogens (tertiary/aromatic N) is 1. The van der Waals surface area contributed by atoms with E-state index < -0.39 is 0 Å². The van der Waals surface area contributed by atoms with Crippen molar-refractivity contribution in [2.75, 3.05) is 0 Å². The van der Waals surface area contributed by atoms with Gasteiger partial charge in [-0.1, -0.05) is 55.7 Å². The van der Waals surface area contributed by atoms with Gasteiger partial charge in [0.2, 0.25) is 0 Å². The molecule has 1 aliphatic rings. The van der Waals surface area contributed by atoms with Crippen molar-refractivity contribution in [3.8, 4) is 0 Å². The molecule has 1 heteroatoms. The van der Waals surface area contributed by atoms with Gasteiger partial charge in [0.15, 0.2) is 0 Å². The van der Waals surface area contributed by atoms with Crippen molar-refractivity contribution >= 4 is 6.21 Å². The van der Waals surface area contributed by atoms with Gasteiger partial charge in [0.25, 0.3) is 0 Å². The highest BCUT2D eigenvalue weighted by atomic mass is 14.8. The first-order chi connectivity index (χ1) is 6.38. The second-order valence-corrected chi connectivity index (χ2v) is 2.63. The maximum Gasteiger partial charge on any atom is 0.0933 e. The molecule has 0 aliphatic heterocycles. The lowest BCUT2D eigenvalue weighted by molar-refractivity contribution is 0.979. The average Bonchev–Trinajstić information content (AvgIpc) is 2.17. The van der Waals surface area contributed by atoms with E-state index in [4.69, 9.17) is 0 Å². The largest absolute Gasteiger partial charge is 0.281 e. The van der Waals surface area contributed by atoms with E-state index in [2.05, 4.69) is 18.2 Å². The Bertz CT molecular complexity index is 303. The summed E-state index contributed by atoms with van der Waals surface area (Å²) < 4.78 is 0. The number of hydrogen-bond acceptors (Lipinski definition) is 1. The molecule has 0 aromatic carbocycles. The maximum atomic E-state index is 4.30. The van der Waals surface area contributed by atoms with Crippen molar-refractivity contribution in [2.24, 2.45) is 4.99 Å². The van der Waals surface area contributed by atoms with E-state index in [0.717, 1.165) is 5.57 Å². The smallest absolute Gasteiger partial charge is 0.0933 e. The summed E-state index contributed by atoms with van der Waals surface area (Å²) in [4.78, 5) is 4.30. The van der Waals surface area contributed by atoms with Gasteiger partial charge in [-0.05, 0) is 5.57 Å². The summed E-state index contributed by atoms with van der Waals surface area (Å²) in [5, 5.41) is 0. The minimum absolute atomic E-state index is 0.112. The van der Waals surface area contributed by atoms with Gasteiger partial charge in [-0.15, -0.1) is 0 Å². The van der Waals surface area contributed by atoms with E-state index >= 15 is 0 Å². The van der Waals surface area contributed by atoms with E-state index in [1.54, 1.807) is 18.4 Å². The number of aliphatic imine (C=N–C) groups is 1. The summed E-state index contributed by atoms with van der Waals surface area (Å²) >= 11 is 0. The highest BCUT2D eigenvalue weighted by Crippen LogP contribution is 2.14. The van der Waals surface area contributed by atoms with Crippen molar-refractivity contribution in [2.45, 2.75) is 6.04 Å². The van der Waals surface area contributed by atoms with Gasteiger partial charge in [-0.2, -0.15) is 0 Å². The van der Waals surface area contributed by atoms with Gasteiger partial charge < -0.3 is 0 Å². The van der Waals surface area contributed by atoms with Gasteiger partial charge >= 0.3 is 0 Å². The van der Waals surface area contributed by atoms with Crippen molar-refractivity contribution in [3.63, 3.8) is 0 Å². The molecule has 1 aliphatic carbocycles. The SMILES string of the molecule is C=CC=NC1C=CC=CC1=CC=C. The Morgan fingerprint density at radius 1 is 1.23 bits per heavy atom. The van der Waals surface area contributed by atoms with E-state index in [1.165, 1.54) is 0 Å². The molecule has 0 saturated carbocycles. The molecular formula is C12H13N. The molecule has 0 N–H and O–H groups in total. The molecule has 0 saturated heterocycles. The fourth-order valence-corrected chi connectivity index (χ4v) is 1.13. The first-order valence-electron chi connectivity index (χ1n) is 4.20. The van der Waals surface area contributed by atoms with Crippen LogP contribution in [0.1, 0.15) is 0 Å². The van der Waals surface area contributed by atoms with Gasteiger partial charge in [0, 0.05) is 6.21 Å². The summed E-state index contributed by atoms with van der Waals surface area (Å²) in [6.07, 6.45) is 15.2. The molecule has 0 aromatic heterocycles. The van der Waals surface area contributed by atoms with Crippen LogP contribution in [0, 0.1) is 0 Å². The van der Waals surface area contributed by atoms with Crippen molar-refractivity contribution in [1.82, 2.24) is 0 Å². The van der Waals surface area contributed by atoms with E-state index in [9.17, 15) is 0 Å². The van der Waals surface area contributed by atoms with Crippen LogP contribution in [-0.2, 0) is 0 Å². The van der Waals surface area contributed by atoms with Gasteiger partial charge in [-0.3, -0.25) is 4.99 Å². The first kappa shape index (κ1) is 9.46. The Balaban J connectivity index is 2.82. The molecule has 0 heterocycles. The van der Waals surface area contributed by atoms with Crippen molar-refractivity contribution in [3.05, 3.63) is 61.3 Å². The molecule has 0 amide bonds. The third kappa shape index (κ3) is 2.71. The van der Waals surface area contributed by atoms with Crippen molar-refractivity contribution < 1.29 is 0 Å². The molecule has 0 bridgehead atoms. The third-order valence-electron chi connectivity index (χ3n) is 1.70. The summed E-state index contributed by atoms with van der Waals surface area (Å²) in [5.74, 6) is 0. The topological polar surface area (TPSA) is 12.4 Å². The fraction of sp³-hybridized carbons (Fsp3) is 0.0833. The molecule has 0 aromatic rings. The molecule has 0 fully saturated rings. The van der Waals surface area contributed by atoms with Crippen LogP contribution in [0.3, 0.4) is 0 Å². The molecule has 0 spiro atoms. The standard InChI is InChI=1S/C12H13N/c1-3-7-11-8-5-6-9-12(11)13-10-4-2/h3-10,12H,1-2H2. The predicted molar refractivity (Wildman–Crippen MR) is 59.0 cm³/mol. The zero-order chi connectivity index (χ0) is 9.52. The Hall–Kier alpha value is -1.63. The minimum atomic E-state index is 0.112. The normalized spacial score (nSPS) is 24.0. The Morgan fingerprint density at radius 2 is 2.08 bits per heavy atom. The third-order valence-corrected chi connectivity index (χ3v) is 1.70. The highest BCUT2D eigenvalue weighted by Gasteiger charge is 2.06. The number of allylic oxidation sites excluding steroid dienone is 5. The van der Waals surface area contributed by atoms with E-state index in [-0.39, 0.29) is 6.04 Å². The number of hydrogen-bond donors (Lipinski definition) is 0.